The van der Waals surface area contributed by atoms with Crippen LogP contribution >= 0.6 is 12.6 Å². The van der Waals surface area contributed by atoms with Gasteiger partial charge in [0.15, 0.2) is 0 Å². The van der Waals surface area contributed by atoms with Crippen molar-refractivity contribution in [3.8, 4) is 16.9 Å². The fourth-order valence-corrected chi connectivity index (χ4v) is 1.74. The molecule has 0 saturated carbocycles. The minimum Gasteiger partial charge on any atom is -0.496 e. The molecule has 16 heavy (non-hydrogen) atoms. The van der Waals surface area contributed by atoms with Crippen LogP contribution in [0.25, 0.3) is 11.1 Å². The number of rotatable bonds is 2. The Labute approximate surface area is 100 Å². The third-order valence-corrected chi connectivity index (χ3v) is 2.85. The summed E-state index contributed by atoms with van der Waals surface area (Å²) in [4.78, 5) is 0.790. The van der Waals surface area contributed by atoms with E-state index in [-0.39, 0.29) is 0 Å². The lowest BCUT2D eigenvalue weighted by atomic mass is 10.0. The summed E-state index contributed by atoms with van der Waals surface area (Å²) in [6.45, 7) is 0. The van der Waals surface area contributed by atoms with Crippen molar-refractivity contribution in [3.05, 3.63) is 42.5 Å². The van der Waals surface area contributed by atoms with Gasteiger partial charge in [0.2, 0.25) is 0 Å². The van der Waals surface area contributed by atoms with Crippen molar-refractivity contribution in [2.45, 2.75) is 4.90 Å². The van der Waals surface area contributed by atoms with Gasteiger partial charge in [-0.1, -0.05) is 24.3 Å². The van der Waals surface area contributed by atoms with Crippen LogP contribution in [0.4, 0.5) is 5.69 Å². The molecule has 82 valence electrons. The second kappa shape index (κ2) is 4.49. The molecule has 3 heteroatoms. The lowest BCUT2D eigenvalue weighted by Gasteiger charge is -2.09. The Morgan fingerprint density at radius 1 is 1.12 bits per heavy atom. The number of methoxy groups -OCH3 is 1. The van der Waals surface area contributed by atoms with Crippen LogP contribution in [0.15, 0.2) is 47.4 Å². The van der Waals surface area contributed by atoms with Gasteiger partial charge in [-0.3, -0.25) is 0 Å². The van der Waals surface area contributed by atoms with Crippen LogP contribution < -0.4 is 10.5 Å². The molecule has 0 heterocycles. The summed E-state index contributed by atoms with van der Waals surface area (Å²) < 4.78 is 5.31. The van der Waals surface area contributed by atoms with Crippen LogP contribution in [0.1, 0.15) is 0 Å². The van der Waals surface area contributed by atoms with E-state index in [9.17, 15) is 0 Å². The number of anilines is 1. The third kappa shape index (κ3) is 1.99. The van der Waals surface area contributed by atoms with E-state index in [1.807, 2.05) is 42.5 Å². The summed E-state index contributed by atoms with van der Waals surface area (Å²) in [5, 5.41) is 0. The van der Waals surface area contributed by atoms with Gasteiger partial charge in [-0.25, -0.2) is 0 Å². The molecule has 0 radical (unpaired) electrons. The van der Waals surface area contributed by atoms with Crippen LogP contribution in [0.2, 0.25) is 0 Å². The highest BCUT2D eigenvalue weighted by molar-refractivity contribution is 7.80. The van der Waals surface area contributed by atoms with Crippen LogP contribution in [0.5, 0.6) is 5.75 Å². The smallest absolute Gasteiger partial charge is 0.126 e. The predicted molar refractivity (Wildman–Crippen MR) is 70.1 cm³/mol. The van der Waals surface area contributed by atoms with Crippen molar-refractivity contribution < 1.29 is 4.74 Å². The molecule has 0 amide bonds. The summed E-state index contributed by atoms with van der Waals surface area (Å²) in [7, 11) is 1.66. The standard InChI is InChI=1S/C13H13NOS/c1-15-12-5-3-2-4-10(12)9-6-7-13(16)11(14)8-9/h2-8,16H,14H2,1H3. The molecule has 0 aliphatic carbocycles. The molecule has 0 saturated heterocycles. The normalized spacial score (nSPS) is 10.1. The number of hydrogen-bond donors (Lipinski definition) is 2. The van der Waals surface area contributed by atoms with Crippen molar-refractivity contribution in [2.24, 2.45) is 0 Å². The molecule has 2 aromatic carbocycles. The van der Waals surface area contributed by atoms with Gasteiger partial charge >= 0.3 is 0 Å². The van der Waals surface area contributed by atoms with Crippen molar-refractivity contribution in [1.29, 1.82) is 0 Å². The Hall–Kier alpha value is -1.61. The minimum atomic E-state index is 0.673. The van der Waals surface area contributed by atoms with E-state index in [2.05, 4.69) is 12.6 Å². The molecule has 0 aliphatic rings. The number of para-hydroxylation sites is 1. The highest BCUT2D eigenvalue weighted by atomic mass is 32.1. The zero-order valence-electron chi connectivity index (χ0n) is 8.97. The third-order valence-electron chi connectivity index (χ3n) is 2.45. The SMILES string of the molecule is COc1ccccc1-c1ccc(S)c(N)c1. The molecule has 0 aromatic heterocycles. The quantitative estimate of drug-likeness (QED) is 0.615. The van der Waals surface area contributed by atoms with E-state index in [0.717, 1.165) is 21.8 Å². The molecule has 0 unspecified atom stereocenters. The average Bonchev–Trinajstić information content (AvgIpc) is 2.32. The summed E-state index contributed by atoms with van der Waals surface area (Å²) in [6.07, 6.45) is 0. The molecular formula is C13H13NOS. The summed E-state index contributed by atoms with van der Waals surface area (Å²) >= 11 is 4.25. The molecule has 0 atom stereocenters. The van der Waals surface area contributed by atoms with Crippen molar-refractivity contribution in [1.82, 2.24) is 0 Å². The molecule has 2 rings (SSSR count). The largest absolute Gasteiger partial charge is 0.496 e. The van der Waals surface area contributed by atoms with Gasteiger partial charge in [0.25, 0.3) is 0 Å². The Morgan fingerprint density at radius 2 is 1.88 bits per heavy atom. The van der Waals surface area contributed by atoms with E-state index in [1.165, 1.54) is 0 Å². The van der Waals surface area contributed by atoms with E-state index in [1.54, 1.807) is 7.11 Å². The molecule has 0 bridgehead atoms. The molecule has 2 nitrogen and oxygen atoms in total. The number of ether oxygens (including phenoxy) is 1. The van der Waals surface area contributed by atoms with Gasteiger partial charge < -0.3 is 10.5 Å². The highest BCUT2D eigenvalue weighted by Gasteiger charge is 2.05. The first-order chi connectivity index (χ1) is 7.72. The highest BCUT2D eigenvalue weighted by Crippen LogP contribution is 2.32. The van der Waals surface area contributed by atoms with Gasteiger partial charge in [-0.2, -0.15) is 0 Å². The second-order valence-corrected chi connectivity index (χ2v) is 3.96. The first kappa shape index (κ1) is 10.9. The second-order valence-electron chi connectivity index (χ2n) is 3.47. The van der Waals surface area contributed by atoms with Crippen LogP contribution in [-0.4, -0.2) is 7.11 Å². The summed E-state index contributed by atoms with van der Waals surface area (Å²) in [6, 6.07) is 13.6. The molecule has 2 N–H and O–H groups in total. The van der Waals surface area contributed by atoms with Crippen LogP contribution in [-0.2, 0) is 0 Å². The first-order valence-corrected chi connectivity index (χ1v) is 5.39. The van der Waals surface area contributed by atoms with Gasteiger partial charge in [-0.05, 0) is 23.8 Å². The summed E-state index contributed by atoms with van der Waals surface area (Å²) in [5.74, 6) is 0.841. The van der Waals surface area contributed by atoms with Gasteiger partial charge in [0.1, 0.15) is 5.75 Å². The van der Waals surface area contributed by atoms with Crippen molar-refractivity contribution >= 4 is 18.3 Å². The average molecular weight is 231 g/mol. The lowest BCUT2D eigenvalue weighted by molar-refractivity contribution is 0.416. The predicted octanol–water partition coefficient (Wildman–Crippen LogP) is 3.23. The number of thiol groups is 1. The Balaban J connectivity index is 2.54. The van der Waals surface area contributed by atoms with E-state index in [4.69, 9.17) is 10.5 Å². The molecule has 0 fully saturated rings. The molecular weight excluding hydrogens is 218 g/mol. The maximum atomic E-state index is 5.83. The fraction of sp³-hybridized carbons (Fsp3) is 0.0769. The Bertz CT molecular complexity index is 511. The van der Waals surface area contributed by atoms with Crippen molar-refractivity contribution in [3.63, 3.8) is 0 Å². The number of benzene rings is 2. The molecule has 0 aliphatic heterocycles. The summed E-state index contributed by atoms with van der Waals surface area (Å²) in [5.41, 5.74) is 8.57. The van der Waals surface area contributed by atoms with Gasteiger partial charge in [0.05, 0.1) is 7.11 Å². The van der Waals surface area contributed by atoms with E-state index >= 15 is 0 Å². The topological polar surface area (TPSA) is 35.2 Å². The fourth-order valence-electron chi connectivity index (χ4n) is 1.61. The monoisotopic (exact) mass is 231 g/mol. The molecule has 0 spiro atoms. The maximum absolute atomic E-state index is 5.83. The molecule has 2 aromatic rings. The van der Waals surface area contributed by atoms with E-state index in [0.29, 0.717) is 5.69 Å². The Morgan fingerprint density at radius 3 is 2.56 bits per heavy atom. The number of nitrogens with two attached hydrogens (primary N) is 1. The Kier molecular flexibility index (Phi) is 3.06. The van der Waals surface area contributed by atoms with Crippen LogP contribution in [0.3, 0.4) is 0 Å². The zero-order chi connectivity index (χ0) is 11.5. The lowest BCUT2D eigenvalue weighted by Crippen LogP contribution is -1.90. The number of nitrogen functional groups attached to an aromatic ring is 1. The van der Waals surface area contributed by atoms with Crippen LogP contribution in [0, 0.1) is 0 Å². The van der Waals surface area contributed by atoms with E-state index < -0.39 is 0 Å². The van der Waals surface area contributed by atoms with Gasteiger partial charge in [0, 0.05) is 16.1 Å². The zero-order valence-corrected chi connectivity index (χ0v) is 9.87. The van der Waals surface area contributed by atoms with Crippen molar-refractivity contribution in [2.75, 3.05) is 12.8 Å². The number of hydrogen-bond acceptors (Lipinski definition) is 3. The van der Waals surface area contributed by atoms with Gasteiger partial charge in [-0.15, -0.1) is 12.6 Å². The minimum absolute atomic E-state index is 0.673. The maximum Gasteiger partial charge on any atom is 0.126 e. The first-order valence-electron chi connectivity index (χ1n) is 4.94.